The number of amides is 1. The Morgan fingerprint density at radius 2 is 1.83 bits per heavy atom. The van der Waals surface area contributed by atoms with Crippen LogP contribution in [0.15, 0.2) is 48.5 Å². The fourth-order valence-corrected chi connectivity index (χ4v) is 4.23. The number of ether oxygens (including phenoxy) is 1. The maximum Gasteiger partial charge on any atom is 0.257 e. The Labute approximate surface area is 179 Å². The summed E-state index contributed by atoms with van der Waals surface area (Å²) in [7, 11) is 0. The molecule has 1 aliphatic heterocycles. The van der Waals surface area contributed by atoms with E-state index in [4.69, 9.17) is 16.3 Å². The van der Waals surface area contributed by atoms with E-state index >= 15 is 0 Å². The second-order valence-corrected chi connectivity index (χ2v) is 8.61. The summed E-state index contributed by atoms with van der Waals surface area (Å²) in [6.45, 7) is 6.33. The van der Waals surface area contributed by atoms with Gasteiger partial charge in [-0.2, -0.15) is 0 Å². The number of aryl methyl sites for hydroxylation is 1. The number of hydrogen-bond donors (Lipinski definition) is 1. The molecule has 1 aromatic heterocycles. The minimum absolute atomic E-state index is 0.153. The van der Waals surface area contributed by atoms with E-state index in [-0.39, 0.29) is 5.91 Å². The highest BCUT2D eigenvalue weighted by atomic mass is 35.5. The Morgan fingerprint density at radius 1 is 1.14 bits per heavy atom. The standard InChI is InChI=1S/C22H22ClN3O2S/c1-15-20(17-6-8-19(23)9-7-17)24-22(29-15)25-21(27)18-4-2-16(3-5-18)14-26-10-12-28-13-11-26/h2-9H,10-14H2,1H3,(H,24,25,27). The third-order valence-corrected chi connectivity index (χ3v) is 6.00. The maximum absolute atomic E-state index is 12.6. The summed E-state index contributed by atoms with van der Waals surface area (Å²) in [6, 6.07) is 15.3. The van der Waals surface area contributed by atoms with Gasteiger partial charge in [-0.25, -0.2) is 4.98 Å². The molecule has 2 heterocycles. The van der Waals surface area contributed by atoms with Crippen LogP contribution in [0.4, 0.5) is 5.13 Å². The lowest BCUT2D eigenvalue weighted by molar-refractivity contribution is 0.0342. The van der Waals surface area contributed by atoms with E-state index < -0.39 is 0 Å². The molecule has 0 atom stereocenters. The number of nitrogens with zero attached hydrogens (tertiary/aromatic N) is 2. The molecule has 5 nitrogen and oxygen atoms in total. The fourth-order valence-electron chi connectivity index (χ4n) is 3.27. The number of anilines is 1. The Morgan fingerprint density at radius 3 is 2.52 bits per heavy atom. The number of hydrogen-bond acceptors (Lipinski definition) is 5. The number of halogens is 1. The molecule has 1 saturated heterocycles. The zero-order valence-corrected chi connectivity index (χ0v) is 17.7. The van der Waals surface area contributed by atoms with Crippen molar-refractivity contribution in [1.29, 1.82) is 0 Å². The topological polar surface area (TPSA) is 54.5 Å². The first kappa shape index (κ1) is 20.0. The van der Waals surface area contributed by atoms with Gasteiger partial charge < -0.3 is 4.74 Å². The highest BCUT2D eigenvalue weighted by Gasteiger charge is 2.14. The van der Waals surface area contributed by atoms with Crippen molar-refractivity contribution >= 4 is 34.0 Å². The molecule has 0 spiro atoms. The Balaban J connectivity index is 1.41. The molecule has 0 radical (unpaired) electrons. The van der Waals surface area contributed by atoms with Gasteiger partial charge in [0.15, 0.2) is 5.13 Å². The van der Waals surface area contributed by atoms with Gasteiger partial charge in [-0.1, -0.05) is 35.9 Å². The normalized spacial score (nSPS) is 14.7. The van der Waals surface area contributed by atoms with Gasteiger partial charge in [0.05, 0.1) is 18.9 Å². The van der Waals surface area contributed by atoms with Gasteiger partial charge in [0.1, 0.15) is 0 Å². The smallest absolute Gasteiger partial charge is 0.257 e. The van der Waals surface area contributed by atoms with Gasteiger partial charge in [0.25, 0.3) is 5.91 Å². The molecule has 4 rings (SSSR count). The Kier molecular flexibility index (Phi) is 6.25. The summed E-state index contributed by atoms with van der Waals surface area (Å²) >= 11 is 7.43. The molecule has 1 N–H and O–H groups in total. The van der Waals surface area contributed by atoms with Crippen LogP contribution in [0.25, 0.3) is 11.3 Å². The molecule has 1 amide bonds. The van der Waals surface area contributed by atoms with Crippen LogP contribution < -0.4 is 5.32 Å². The van der Waals surface area contributed by atoms with E-state index in [1.54, 1.807) is 0 Å². The summed E-state index contributed by atoms with van der Waals surface area (Å²) in [6.07, 6.45) is 0. The summed E-state index contributed by atoms with van der Waals surface area (Å²) in [4.78, 5) is 20.6. The molecule has 1 aliphatic rings. The fraction of sp³-hybridized carbons (Fsp3) is 0.273. The minimum Gasteiger partial charge on any atom is -0.379 e. The summed E-state index contributed by atoms with van der Waals surface area (Å²) in [5, 5.41) is 4.20. The number of thiazole rings is 1. The molecule has 29 heavy (non-hydrogen) atoms. The van der Waals surface area contributed by atoms with Gasteiger partial charge in [-0.3, -0.25) is 15.0 Å². The van der Waals surface area contributed by atoms with Crippen molar-refractivity contribution in [2.24, 2.45) is 0 Å². The number of benzene rings is 2. The number of carbonyl (C=O) groups is 1. The molecule has 2 aromatic carbocycles. The zero-order chi connectivity index (χ0) is 20.2. The lowest BCUT2D eigenvalue weighted by Gasteiger charge is -2.26. The van der Waals surface area contributed by atoms with Gasteiger partial charge in [-0.05, 0) is 36.8 Å². The molecule has 0 aliphatic carbocycles. The Bertz CT molecular complexity index is 980. The lowest BCUT2D eigenvalue weighted by atomic mass is 10.1. The average Bonchev–Trinajstić information content (AvgIpc) is 3.10. The first-order valence-corrected chi connectivity index (χ1v) is 10.7. The molecule has 0 saturated carbocycles. The van der Waals surface area contributed by atoms with Crippen LogP contribution in [0.3, 0.4) is 0 Å². The second kappa shape index (κ2) is 9.05. The van der Waals surface area contributed by atoms with Crippen LogP contribution in [0, 0.1) is 6.92 Å². The van der Waals surface area contributed by atoms with Crippen LogP contribution in [0.2, 0.25) is 5.02 Å². The highest BCUT2D eigenvalue weighted by molar-refractivity contribution is 7.16. The summed E-state index contributed by atoms with van der Waals surface area (Å²) < 4.78 is 5.38. The van der Waals surface area contributed by atoms with Crippen LogP contribution in [0.1, 0.15) is 20.8 Å². The number of nitrogens with one attached hydrogen (secondary N) is 1. The van der Waals surface area contributed by atoms with Crippen LogP contribution in [0.5, 0.6) is 0 Å². The second-order valence-electron chi connectivity index (χ2n) is 6.97. The number of morpholine rings is 1. The van der Waals surface area contributed by atoms with Crippen molar-refractivity contribution in [2.75, 3.05) is 31.6 Å². The van der Waals surface area contributed by atoms with Gasteiger partial charge in [-0.15, -0.1) is 11.3 Å². The van der Waals surface area contributed by atoms with Gasteiger partial charge in [0, 0.05) is 40.7 Å². The SMILES string of the molecule is Cc1sc(NC(=O)c2ccc(CN3CCOCC3)cc2)nc1-c1ccc(Cl)cc1. The van der Waals surface area contributed by atoms with Crippen molar-refractivity contribution in [3.63, 3.8) is 0 Å². The number of rotatable bonds is 5. The maximum atomic E-state index is 12.6. The molecular weight excluding hydrogens is 406 g/mol. The molecule has 3 aromatic rings. The molecular formula is C22H22ClN3O2S. The van der Waals surface area contributed by atoms with Crippen molar-refractivity contribution in [2.45, 2.75) is 13.5 Å². The predicted octanol–water partition coefficient (Wildman–Crippen LogP) is 4.86. The van der Waals surface area contributed by atoms with Gasteiger partial charge in [0.2, 0.25) is 0 Å². The average molecular weight is 428 g/mol. The third-order valence-electron chi connectivity index (χ3n) is 4.86. The van der Waals surface area contributed by atoms with Crippen LogP contribution in [-0.2, 0) is 11.3 Å². The minimum atomic E-state index is -0.153. The predicted molar refractivity (Wildman–Crippen MR) is 118 cm³/mol. The highest BCUT2D eigenvalue weighted by Crippen LogP contribution is 2.31. The monoisotopic (exact) mass is 427 g/mol. The van der Waals surface area contributed by atoms with Crippen molar-refractivity contribution < 1.29 is 9.53 Å². The number of carbonyl (C=O) groups excluding carboxylic acids is 1. The first-order valence-electron chi connectivity index (χ1n) is 9.52. The van der Waals surface area contributed by atoms with Crippen molar-refractivity contribution in [3.8, 4) is 11.3 Å². The van der Waals surface area contributed by atoms with E-state index in [0.717, 1.165) is 49.0 Å². The largest absolute Gasteiger partial charge is 0.379 e. The molecule has 0 unspecified atom stereocenters. The van der Waals surface area contributed by atoms with E-state index in [1.165, 1.54) is 16.9 Å². The van der Waals surface area contributed by atoms with E-state index in [2.05, 4.69) is 15.2 Å². The van der Waals surface area contributed by atoms with Gasteiger partial charge >= 0.3 is 0 Å². The molecule has 1 fully saturated rings. The zero-order valence-electron chi connectivity index (χ0n) is 16.2. The quantitative estimate of drug-likeness (QED) is 0.632. The molecule has 7 heteroatoms. The van der Waals surface area contributed by atoms with Crippen LogP contribution in [-0.4, -0.2) is 42.1 Å². The molecule has 0 bridgehead atoms. The Hall–Kier alpha value is -2.25. The number of aromatic nitrogens is 1. The third kappa shape index (κ3) is 5.03. The van der Waals surface area contributed by atoms with E-state index in [1.807, 2.05) is 55.5 Å². The van der Waals surface area contributed by atoms with Crippen LogP contribution >= 0.6 is 22.9 Å². The molecule has 150 valence electrons. The van der Waals surface area contributed by atoms with Crippen molar-refractivity contribution in [3.05, 3.63) is 69.6 Å². The van der Waals surface area contributed by atoms with Crippen molar-refractivity contribution in [1.82, 2.24) is 9.88 Å². The summed E-state index contributed by atoms with van der Waals surface area (Å²) in [5.41, 5.74) is 3.66. The van der Waals surface area contributed by atoms with E-state index in [9.17, 15) is 4.79 Å². The van der Waals surface area contributed by atoms with E-state index in [0.29, 0.717) is 15.7 Å². The lowest BCUT2D eigenvalue weighted by Crippen LogP contribution is -2.35. The summed E-state index contributed by atoms with van der Waals surface area (Å²) in [5.74, 6) is -0.153. The first-order chi connectivity index (χ1) is 14.1.